The number of anilines is 1. The third kappa shape index (κ3) is 5.12. The molecule has 0 aliphatic heterocycles. The Morgan fingerprint density at radius 1 is 1.06 bits per heavy atom. The minimum absolute atomic E-state index is 0.209. The highest BCUT2D eigenvalue weighted by atomic mass is 16.4. The van der Waals surface area contributed by atoms with Gasteiger partial charge in [0.25, 0.3) is 5.91 Å². The SMILES string of the molecule is Cc1ccc2cc(Cn3cc(C(=O)NCc4c(C)cc(NC(=O)O)nc4C)nn3)ccc2n1. The number of carbonyl (C=O) groups is 2. The van der Waals surface area contributed by atoms with Gasteiger partial charge in [-0.05, 0) is 61.7 Å². The monoisotopic (exact) mass is 445 g/mol. The summed E-state index contributed by atoms with van der Waals surface area (Å²) in [6.07, 6.45) is 0.422. The summed E-state index contributed by atoms with van der Waals surface area (Å²) in [4.78, 5) is 32.1. The molecule has 3 heterocycles. The van der Waals surface area contributed by atoms with Gasteiger partial charge >= 0.3 is 6.09 Å². The zero-order valence-corrected chi connectivity index (χ0v) is 18.5. The molecule has 10 nitrogen and oxygen atoms in total. The summed E-state index contributed by atoms with van der Waals surface area (Å²) in [5.74, 6) is -0.110. The Kier molecular flexibility index (Phi) is 5.99. The quantitative estimate of drug-likeness (QED) is 0.415. The number of fused-ring (bicyclic) bond motifs is 1. The highest BCUT2D eigenvalue weighted by molar-refractivity contribution is 5.91. The van der Waals surface area contributed by atoms with E-state index in [4.69, 9.17) is 5.11 Å². The number of carbonyl (C=O) groups excluding carboxylic acids is 1. The zero-order chi connectivity index (χ0) is 23.5. The second kappa shape index (κ2) is 9.03. The number of hydrogen-bond acceptors (Lipinski definition) is 6. The molecule has 0 atom stereocenters. The number of hydrogen-bond donors (Lipinski definition) is 3. The Morgan fingerprint density at radius 3 is 2.64 bits per heavy atom. The fraction of sp³-hybridized carbons (Fsp3) is 0.217. The standard InChI is InChI=1S/C23H23N7O3/c1-13-8-21(27-23(32)33)26-15(3)18(13)10-24-22(31)20-12-30(29-28-20)11-16-5-7-19-17(9-16)6-4-14(2)25-19/h4-9,12H,10-11H2,1-3H3,(H,24,31)(H,26,27)(H,32,33). The van der Waals surface area contributed by atoms with Crippen molar-refractivity contribution in [3.05, 3.63) is 76.4 Å². The molecule has 0 spiro atoms. The van der Waals surface area contributed by atoms with E-state index >= 15 is 0 Å². The molecule has 0 unspecified atom stereocenters. The van der Waals surface area contributed by atoms with Crippen LogP contribution in [0.5, 0.6) is 0 Å². The Hall–Kier alpha value is -4.34. The number of pyridine rings is 2. The average Bonchev–Trinajstić information content (AvgIpc) is 3.21. The molecule has 0 bridgehead atoms. The summed E-state index contributed by atoms with van der Waals surface area (Å²) in [5, 5.41) is 23.0. The summed E-state index contributed by atoms with van der Waals surface area (Å²) in [6.45, 7) is 6.27. The molecule has 0 aliphatic carbocycles. The second-order valence-electron chi connectivity index (χ2n) is 7.78. The predicted octanol–water partition coefficient (Wildman–Crippen LogP) is 3.21. The number of benzene rings is 1. The van der Waals surface area contributed by atoms with E-state index in [1.807, 2.05) is 44.2 Å². The first kappa shape index (κ1) is 21.9. The van der Waals surface area contributed by atoms with Crippen LogP contribution < -0.4 is 10.6 Å². The number of aromatic nitrogens is 5. The molecular weight excluding hydrogens is 422 g/mol. The lowest BCUT2D eigenvalue weighted by Crippen LogP contribution is -2.24. The lowest BCUT2D eigenvalue weighted by atomic mass is 10.1. The van der Waals surface area contributed by atoms with Crippen molar-refractivity contribution in [3.8, 4) is 0 Å². The zero-order valence-electron chi connectivity index (χ0n) is 18.5. The summed E-state index contributed by atoms with van der Waals surface area (Å²) in [7, 11) is 0. The lowest BCUT2D eigenvalue weighted by Gasteiger charge is -2.12. The number of carboxylic acid groups (broad SMARTS) is 1. The molecule has 0 saturated carbocycles. The van der Waals surface area contributed by atoms with Crippen LogP contribution in [-0.2, 0) is 13.1 Å². The Morgan fingerprint density at radius 2 is 1.88 bits per heavy atom. The maximum atomic E-state index is 12.6. The van der Waals surface area contributed by atoms with Gasteiger partial charge in [-0.15, -0.1) is 5.10 Å². The van der Waals surface area contributed by atoms with Crippen LogP contribution in [0.3, 0.4) is 0 Å². The van der Waals surface area contributed by atoms with Crippen molar-refractivity contribution in [1.82, 2.24) is 30.3 Å². The fourth-order valence-electron chi connectivity index (χ4n) is 3.60. The number of amides is 2. The van der Waals surface area contributed by atoms with Crippen molar-refractivity contribution < 1.29 is 14.7 Å². The molecular formula is C23H23N7O3. The van der Waals surface area contributed by atoms with E-state index in [2.05, 4.69) is 30.9 Å². The average molecular weight is 445 g/mol. The minimum atomic E-state index is -1.18. The second-order valence-corrected chi connectivity index (χ2v) is 7.78. The van der Waals surface area contributed by atoms with Crippen molar-refractivity contribution in [2.75, 3.05) is 5.32 Å². The van der Waals surface area contributed by atoms with Crippen molar-refractivity contribution in [2.45, 2.75) is 33.9 Å². The molecule has 33 heavy (non-hydrogen) atoms. The minimum Gasteiger partial charge on any atom is -0.465 e. The van der Waals surface area contributed by atoms with E-state index in [9.17, 15) is 9.59 Å². The van der Waals surface area contributed by atoms with Crippen molar-refractivity contribution in [2.24, 2.45) is 0 Å². The van der Waals surface area contributed by atoms with Gasteiger partial charge in [0.2, 0.25) is 0 Å². The normalized spacial score (nSPS) is 10.9. The molecule has 10 heteroatoms. The topological polar surface area (TPSA) is 135 Å². The molecule has 3 N–H and O–H groups in total. The largest absolute Gasteiger partial charge is 0.465 e. The number of aryl methyl sites for hydroxylation is 3. The van der Waals surface area contributed by atoms with E-state index in [-0.39, 0.29) is 24.0 Å². The van der Waals surface area contributed by atoms with Crippen LogP contribution in [0, 0.1) is 20.8 Å². The molecule has 0 radical (unpaired) electrons. The van der Waals surface area contributed by atoms with Crippen LogP contribution >= 0.6 is 0 Å². The van der Waals surface area contributed by atoms with Crippen LogP contribution in [-0.4, -0.2) is 42.1 Å². The molecule has 0 fully saturated rings. The number of nitrogens with zero attached hydrogens (tertiary/aromatic N) is 5. The van der Waals surface area contributed by atoms with E-state index in [0.717, 1.165) is 33.3 Å². The van der Waals surface area contributed by atoms with E-state index in [0.29, 0.717) is 12.2 Å². The first-order chi connectivity index (χ1) is 15.8. The van der Waals surface area contributed by atoms with Crippen LogP contribution in [0.15, 0.2) is 42.6 Å². The van der Waals surface area contributed by atoms with Gasteiger partial charge in [0.15, 0.2) is 5.69 Å². The number of rotatable bonds is 6. The first-order valence-electron chi connectivity index (χ1n) is 10.3. The van der Waals surface area contributed by atoms with Gasteiger partial charge in [-0.2, -0.15) is 0 Å². The van der Waals surface area contributed by atoms with Crippen LogP contribution in [0.1, 0.15) is 38.6 Å². The van der Waals surface area contributed by atoms with Gasteiger partial charge in [-0.3, -0.25) is 15.1 Å². The van der Waals surface area contributed by atoms with Gasteiger partial charge in [0.1, 0.15) is 5.82 Å². The van der Waals surface area contributed by atoms with Crippen molar-refractivity contribution in [1.29, 1.82) is 0 Å². The molecule has 0 aliphatic rings. The fourth-order valence-corrected chi connectivity index (χ4v) is 3.60. The van der Waals surface area contributed by atoms with E-state index in [1.165, 1.54) is 0 Å². The predicted molar refractivity (Wildman–Crippen MR) is 122 cm³/mol. The lowest BCUT2D eigenvalue weighted by molar-refractivity contribution is 0.0945. The van der Waals surface area contributed by atoms with Crippen LogP contribution in [0.25, 0.3) is 10.9 Å². The smallest absolute Gasteiger partial charge is 0.410 e. The summed E-state index contributed by atoms with van der Waals surface area (Å²) >= 11 is 0. The Bertz CT molecular complexity index is 1340. The molecule has 168 valence electrons. The molecule has 4 rings (SSSR count). The molecule has 1 aromatic carbocycles. The molecule has 4 aromatic rings. The van der Waals surface area contributed by atoms with Gasteiger partial charge in [0.05, 0.1) is 18.3 Å². The van der Waals surface area contributed by atoms with Gasteiger partial charge in [0, 0.05) is 23.3 Å². The molecule has 0 saturated heterocycles. The summed E-state index contributed by atoms with van der Waals surface area (Å²) in [5.41, 5.74) is 5.39. The molecule has 2 amide bonds. The number of nitrogens with one attached hydrogen (secondary N) is 2. The maximum absolute atomic E-state index is 12.6. The Labute approximate surface area is 189 Å². The summed E-state index contributed by atoms with van der Waals surface area (Å²) in [6, 6.07) is 11.6. The Balaban J connectivity index is 1.41. The maximum Gasteiger partial charge on any atom is 0.410 e. The highest BCUT2D eigenvalue weighted by Gasteiger charge is 2.14. The van der Waals surface area contributed by atoms with Crippen LogP contribution in [0.2, 0.25) is 0 Å². The van der Waals surface area contributed by atoms with Gasteiger partial charge < -0.3 is 10.4 Å². The van der Waals surface area contributed by atoms with Crippen molar-refractivity contribution >= 4 is 28.7 Å². The van der Waals surface area contributed by atoms with Gasteiger partial charge in [-0.1, -0.05) is 17.3 Å². The van der Waals surface area contributed by atoms with Crippen LogP contribution in [0.4, 0.5) is 10.6 Å². The van der Waals surface area contributed by atoms with E-state index in [1.54, 1.807) is 23.9 Å². The highest BCUT2D eigenvalue weighted by Crippen LogP contribution is 2.17. The van der Waals surface area contributed by atoms with E-state index < -0.39 is 6.09 Å². The summed E-state index contributed by atoms with van der Waals surface area (Å²) < 4.78 is 1.61. The van der Waals surface area contributed by atoms with Gasteiger partial charge in [-0.25, -0.2) is 14.5 Å². The van der Waals surface area contributed by atoms with Crippen molar-refractivity contribution in [3.63, 3.8) is 0 Å². The molecule has 3 aromatic heterocycles. The third-order valence-electron chi connectivity index (χ3n) is 5.22. The third-order valence-corrected chi connectivity index (χ3v) is 5.22. The first-order valence-corrected chi connectivity index (χ1v) is 10.3.